The molecule has 4 aromatic heterocycles. The summed E-state index contributed by atoms with van der Waals surface area (Å²) in [6.07, 6.45) is 4.59. The second kappa shape index (κ2) is 7.75. The van der Waals surface area contributed by atoms with Crippen LogP contribution < -0.4 is 5.32 Å². The van der Waals surface area contributed by atoms with Crippen molar-refractivity contribution in [2.75, 3.05) is 11.9 Å². The lowest BCUT2D eigenvalue weighted by Crippen LogP contribution is -2.15. The van der Waals surface area contributed by atoms with Crippen molar-refractivity contribution in [2.24, 2.45) is 0 Å². The Balaban J connectivity index is 1.53. The number of aliphatic hydroxyl groups excluding tert-OH is 1. The summed E-state index contributed by atoms with van der Waals surface area (Å²) in [5.41, 5.74) is 2.31. The number of hydrogen-bond donors (Lipinski definition) is 4. The first-order chi connectivity index (χ1) is 15.5. The monoisotopic (exact) mass is 432 g/mol. The molecule has 0 aliphatic carbocycles. The van der Waals surface area contributed by atoms with Gasteiger partial charge in [-0.3, -0.25) is 4.98 Å². The molecule has 0 unspecified atom stereocenters. The van der Waals surface area contributed by atoms with Crippen molar-refractivity contribution in [1.82, 2.24) is 24.6 Å². The lowest BCUT2D eigenvalue weighted by Gasteiger charge is -2.14. The van der Waals surface area contributed by atoms with Gasteiger partial charge in [0.05, 0.1) is 24.2 Å². The van der Waals surface area contributed by atoms with Gasteiger partial charge in [-0.15, -0.1) is 0 Å². The number of fused-ring (bicyclic) bond motifs is 2. The highest BCUT2D eigenvalue weighted by Gasteiger charge is 2.19. The van der Waals surface area contributed by atoms with Crippen LogP contribution in [0.1, 0.15) is 22.0 Å². The highest BCUT2D eigenvalue weighted by molar-refractivity contribution is 5.94. The number of carbonyl (C=O) groups is 1. The summed E-state index contributed by atoms with van der Waals surface area (Å²) < 4.78 is 15.0. The number of aromatic amines is 1. The Morgan fingerprint density at radius 3 is 2.88 bits per heavy atom. The molecule has 0 bridgehead atoms. The smallest absolute Gasteiger partial charge is 0.341 e. The average molecular weight is 432 g/mol. The highest BCUT2D eigenvalue weighted by atomic mass is 19.1. The van der Waals surface area contributed by atoms with E-state index in [4.69, 9.17) is 0 Å². The summed E-state index contributed by atoms with van der Waals surface area (Å²) in [5, 5.41) is 28.4. The molecule has 0 radical (unpaired) electrons. The first kappa shape index (κ1) is 19.6. The molecule has 0 saturated heterocycles. The van der Waals surface area contributed by atoms with Gasteiger partial charge in [0.2, 0.25) is 0 Å². The number of carboxylic acids is 1. The number of benzene rings is 1. The number of aromatic carboxylic acids is 1. The summed E-state index contributed by atoms with van der Waals surface area (Å²) in [5.74, 6) is -1.34. The van der Waals surface area contributed by atoms with E-state index in [1.807, 2.05) is 24.3 Å². The third kappa shape index (κ3) is 3.42. The zero-order valence-corrected chi connectivity index (χ0v) is 16.5. The molecule has 9 nitrogen and oxygen atoms in total. The SMILES string of the molecule is O=C(O)c1cnn2c(NC[C@@H](O)c3c[nH]c4ccccc34)cc(-c3cncc(F)c3)nc12. The number of nitrogens with zero attached hydrogens (tertiary/aromatic N) is 4. The van der Waals surface area contributed by atoms with Crippen molar-refractivity contribution in [3.8, 4) is 11.3 Å². The fourth-order valence-electron chi connectivity index (χ4n) is 3.62. The van der Waals surface area contributed by atoms with E-state index in [1.165, 1.54) is 23.0 Å². The molecule has 0 fully saturated rings. The third-order valence-corrected chi connectivity index (χ3v) is 5.16. The Bertz CT molecular complexity index is 1460. The molecular formula is C22H17FN6O3. The number of rotatable bonds is 6. The maximum Gasteiger partial charge on any atom is 0.341 e. The fraction of sp³-hybridized carbons (Fsp3) is 0.0909. The lowest BCUT2D eigenvalue weighted by molar-refractivity contribution is 0.0698. The Morgan fingerprint density at radius 1 is 1.22 bits per heavy atom. The molecule has 0 aliphatic rings. The number of aliphatic hydroxyl groups is 1. The molecular weight excluding hydrogens is 415 g/mol. The Morgan fingerprint density at radius 2 is 2.06 bits per heavy atom. The summed E-state index contributed by atoms with van der Waals surface area (Å²) in [6, 6.07) is 10.5. The topological polar surface area (TPSA) is 128 Å². The molecule has 1 aromatic carbocycles. The molecule has 4 N–H and O–H groups in total. The van der Waals surface area contributed by atoms with Crippen molar-refractivity contribution in [3.05, 3.63) is 78.1 Å². The first-order valence-electron chi connectivity index (χ1n) is 9.72. The second-order valence-corrected chi connectivity index (χ2v) is 7.20. The van der Waals surface area contributed by atoms with Crippen molar-refractivity contribution in [3.63, 3.8) is 0 Å². The van der Waals surface area contributed by atoms with Gasteiger partial charge in [-0.25, -0.2) is 14.2 Å². The van der Waals surface area contributed by atoms with Crippen LogP contribution in [0.2, 0.25) is 0 Å². The van der Waals surface area contributed by atoms with Crippen molar-refractivity contribution >= 4 is 28.3 Å². The van der Waals surface area contributed by atoms with Crippen LogP contribution in [0.3, 0.4) is 0 Å². The van der Waals surface area contributed by atoms with Crippen molar-refractivity contribution < 1.29 is 19.4 Å². The molecule has 5 rings (SSSR count). The van der Waals surface area contributed by atoms with Gasteiger partial charge in [-0.05, 0) is 12.1 Å². The van der Waals surface area contributed by atoms with Gasteiger partial charge in [0, 0.05) is 47.0 Å². The molecule has 1 atom stereocenters. The zero-order chi connectivity index (χ0) is 22.2. The summed E-state index contributed by atoms with van der Waals surface area (Å²) in [4.78, 5) is 22.9. The van der Waals surface area contributed by atoms with E-state index in [9.17, 15) is 19.4 Å². The quantitative estimate of drug-likeness (QED) is 0.324. The van der Waals surface area contributed by atoms with Crippen LogP contribution in [0.5, 0.6) is 0 Å². The van der Waals surface area contributed by atoms with Gasteiger partial charge in [-0.1, -0.05) is 18.2 Å². The number of para-hydroxylation sites is 1. The van der Waals surface area contributed by atoms with E-state index in [0.717, 1.165) is 22.7 Å². The van der Waals surface area contributed by atoms with Crippen LogP contribution in [0.15, 0.2) is 61.2 Å². The minimum atomic E-state index is -1.19. The van der Waals surface area contributed by atoms with Crippen LogP contribution in [0.4, 0.5) is 10.2 Å². The summed E-state index contributed by atoms with van der Waals surface area (Å²) in [7, 11) is 0. The van der Waals surface area contributed by atoms with Gasteiger partial charge in [0.25, 0.3) is 0 Å². The number of carboxylic acid groups (broad SMARTS) is 1. The molecule has 32 heavy (non-hydrogen) atoms. The second-order valence-electron chi connectivity index (χ2n) is 7.20. The maximum atomic E-state index is 13.7. The van der Waals surface area contributed by atoms with Gasteiger partial charge in [-0.2, -0.15) is 9.61 Å². The molecule has 0 saturated carbocycles. The number of aromatic nitrogens is 5. The van der Waals surface area contributed by atoms with E-state index >= 15 is 0 Å². The third-order valence-electron chi connectivity index (χ3n) is 5.16. The number of halogens is 1. The molecule has 0 amide bonds. The number of H-pyrrole nitrogens is 1. The zero-order valence-electron chi connectivity index (χ0n) is 16.5. The van der Waals surface area contributed by atoms with Gasteiger partial charge in [0.1, 0.15) is 17.2 Å². The van der Waals surface area contributed by atoms with Crippen LogP contribution in [-0.2, 0) is 0 Å². The minimum absolute atomic E-state index is 0.0864. The van der Waals surface area contributed by atoms with Crippen LogP contribution in [0.25, 0.3) is 27.8 Å². The van der Waals surface area contributed by atoms with Crippen LogP contribution >= 0.6 is 0 Å². The largest absolute Gasteiger partial charge is 0.477 e. The van der Waals surface area contributed by atoms with Crippen molar-refractivity contribution in [1.29, 1.82) is 0 Å². The molecule has 0 aliphatic heterocycles. The fourth-order valence-corrected chi connectivity index (χ4v) is 3.62. The van der Waals surface area contributed by atoms with E-state index in [0.29, 0.717) is 17.1 Å². The van der Waals surface area contributed by atoms with Gasteiger partial charge < -0.3 is 20.5 Å². The Kier molecular flexibility index (Phi) is 4.75. The Hall–Kier alpha value is -4.31. The number of anilines is 1. The Labute approximate surface area is 180 Å². The number of pyridine rings is 1. The summed E-state index contributed by atoms with van der Waals surface area (Å²) in [6.45, 7) is 0.115. The van der Waals surface area contributed by atoms with E-state index < -0.39 is 17.9 Å². The molecule has 10 heteroatoms. The van der Waals surface area contributed by atoms with Crippen LogP contribution in [-0.4, -0.2) is 47.3 Å². The van der Waals surface area contributed by atoms with Crippen LogP contribution in [0, 0.1) is 5.82 Å². The maximum absolute atomic E-state index is 13.7. The van der Waals surface area contributed by atoms with Crippen molar-refractivity contribution in [2.45, 2.75) is 6.10 Å². The van der Waals surface area contributed by atoms with E-state index in [-0.39, 0.29) is 17.8 Å². The highest BCUT2D eigenvalue weighted by Crippen LogP contribution is 2.27. The summed E-state index contributed by atoms with van der Waals surface area (Å²) >= 11 is 0. The molecule has 0 spiro atoms. The predicted molar refractivity (Wildman–Crippen MR) is 115 cm³/mol. The molecule has 5 aromatic rings. The standard InChI is InChI=1S/C22H17FN6O3/c23-13-5-12(7-24-8-13)18-6-20(29-21(28-18)16(10-27-29)22(31)32)26-11-19(30)15-9-25-17-4-2-1-3-14(15)17/h1-10,19,25-26,30H,11H2,(H,31,32)/t19-/m1/s1. The van der Waals surface area contributed by atoms with Gasteiger partial charge in [0.15, 0.2) is 5.65 Å². The molecule has 160 valence electrons. The van der Waals surface area contributed by atoms with E-state index in [1.54, 1.807) is 12.3 Å². The minimum Gasteiger partial charge on any atom is -0.477 e. The lowest BCUT2D eigenvalue weighted by atomic mass is 10.1. The van der Waals surface area contributed by atoms with E-state index in [2.05, 4.69) is 25.4 Å². The average Bonchev–Trinajstić information content (AvgIpc) is 3.41. The molecule has 4 heterocycles. The first-order valence-corrected chi connectivity index (χ1v) is 9.72. The predicted octanol–water partition coefficient (Wildman–Crippen LogP) is 3.26. The number of hydrogen-bond acceptors (Lipinski definition) is 6. The number of nitrogens with one attached hydrogen (secondary N) is 2. The normalized spacial score (nSPS) is 12.3. The van der Waals surface area contributed by atoms with Gasteiger partial charge >= 0.3 is 5.97 Å².